The van der Waals surface area contributed by atoms with Crippen LogP contribution in [-0.2, 0) is 5.41 Å². The molecule has 70 heavy (non-hydrogen) atoms. The van der Waals surface area contributed by atoms with Crippen LogP contribution in [0.25, 0.3) is 76.5 Å². The first-order valence-corrected chi connectivity index (χ1v) is 24.2. The lowest BCUT2D eigenvalue weighted by Crippen LogP contribution is -2.36. The van der Waals surface area contributed by atoms with Crippen LogP contribution in [0, 0.1) is 0 Å². The second kappa shape index (κ2) is 14.9. The number of anilines is 6. The maximum Gasteiger partial charge on any atom is 0.135 e. The van der Waals surface area contributed by atoms with E-state index in [0.29, 0.717) is 0 Å². The summed E-state index contributed by atoms with van der Waals surface area (Å²) in [6.45, 7) is 0. The summed E-state index contributed by atoms with van der Waals surface area (Å²) in [6.07, 6.45) is 0. The summed E-state index contributed by atoms with van der Waals surface area (Å²) in [5.74, 6) is 0. The molecule has 13 aromatic rings. The lowest BCUT2D eigenvalue weighted by Gasteiger charge is -2.45. The highest BCUT2D eigenvalue weighted by atomic mass is 16.3. The third-order valence-electron chi connectivity index (χ3n) is 15.2. The van der Waals surface area contributed by atoms with Crippen molar-refractivity contribution in [2.45, 2.75) is 5.41 Å². The molecule has 1 aromatic heterocycles. The zero-order valence-electron chi connectivity index (χ0n) is 38.1. The van der Waals surface area contributed by atoms with E-state index < -0.39 is 5.41 Å². The Kier molecular flexibility index (Phi) is 8.28. The van der Waals surface area contributed by atoms with Gasteiger partial charge >= 0.3 is 0 Å². The number of rotatable bonds is 5. The fourth-order valence-corrected chi connectivity index (χ4v) is 12.3. The Morgan fingerprint density at radius 3 is 1.51 bits per heavy atom. The smallest absolute Gasteiger partial charge is 0.135 e. The molecule has 1 aliphatic carbocycles. The van der Waals surface area contributed by atoms with Crippen molar-refractivity contribution in [3.05, 3.63) is 277 Å². The van der Waals surface area contributed by atoms with Crippen molar-refractivity contribution in [2.75, 3.05) is 9.80 Å². The number of para-hydroxylation sites is 4. The highest BCUT2D eigenvalue weighted by molar-refractivity contribution is 6.26. The minimum atomic E-state index is -0.593. The summed E-state index contributed by atoms with van der Waals surface area (Å²) in [5, 5.41) is 9.78. The highest BCUT2D eigenvalue weighted by Gasteiger charge is 2.51. The fourth-order valence-electron chi connectivity index (χ4n) is 12.3. The van der Waals surface area contributed by atoms with E-state index in [4.69, 9.17) is 4.42 Å². The van der Waals surface area contributed by atoms with E-state index in [1.165, 1.54) is 77.1 Å². The fraction of sp³-hybridized carbons (Fsp3) is 0.0149. The van der Waals surface area contributed by atoms with Gasteiger partial charge < -0.3 is 14.2 Å². The van der Waals surface area contributed by atoms with E-state index in [9.17, 15) is 0 Å². The van der Waals surface area contributed by atoms with Crippen molar-refractivity contribution in [2.24, 2.45) is 0 Å². The third kappa shape index (κ3) is 5.46. The van der Waals surface area contributed by atoms with E-state index in [0.717, 1.165) is 55.8 Å². The Morgan fingerprint density at radius 1 is 0.300 bits per heavy atom. The number of nitrogens with zero attached hydrogens (tertiary/aromatic N) is 2. The summed E-state index contributed by atoms with van der Waals surface area (Å²) >= 11 is 0. The molecule has 15 rings (SSSR count). The number of fused-ring (bicyclic) bond motifs is 18. The summed E-state index contributed by atoms with van der Waals surface area (Å²) in [7, 11) is 0. The van der Waals surface area contributed by atoms with Crippen molar-refractivity contribution in [1.29, 1.82) is 0 Å². The predicted octanol–water partition coefficient (Wildman–Crippen LogP) is 18.3. The van der Waals surface area contributed by atoms with Crippen LogP contribution in [0.1, 0.15) is 22.3 Å². The van der Waals surface area contributed by atoms with Gasteiger partial charge in [-0.15, -0.1) is 0 Å². The Morgan fingerprint density at radius 2 is 0.800 bits per heavy atom. The molecule has 12 aromatic carbocycles. The SMILES string of the molecule is c1ccc(N2c3ccccc3C3(c4ccccc4-c4ccc(N(c5ccc(-c6ccc7oc8ccccc8c7c6)cc5)c5ccc6c7ccccc7c7ccccc7c6c5)cc43)c3ccccc32)cc1. The first-order valence-electron chi connectivity index (χ1n) is 24.2. The Balaban J connectivity index is 0.969. The molecule has 0 bridgehead atoms. The number of benzene rings is 12. The van der Waals surface area contributed by atoms with Crippen LogP contribution >= 0.6 is 0 Å². The minimum absolute atomic E-state index is 0.593. The van der Waals surface area contributed by atoms with Crippen LogP contribution in [0.2, 0.25) is 0 Å². The summed E-state index contributed by atoms with van der Waals surface area (Å²) in [4.78, 5) is 4.91. The molecule has 1 aliphatic heterocycles. The monoisotopic (exact) mass is 890 g/mol. The first-order chi connectivity index (χ1) is 34.7. The highest BCUT2D eigenvalue weighted by Crippen LogP contribution is 2.64. The quantitative estimate of drug-likeness (QED) is 0.161. The van der Waals surface area contributed by atoms with Crippen LogP contribution in [0.5, 0.6) is 0 Å². The zero-order chi connectivity index (χ0) is 45.9. The van der Waals surface area contributed by atoms with Gasteiger partial charge in [-0.05, 0) is 156 Å². The van der Waals surface area contributed by atoms with Crippen LogP contribution in [0.4, 0.5) is 34.1 Å². The molecule has 0 unspecified atom stereocenters. The molecule has 3 heteroatoms. The van der Waals surface area contributed by atoms with Gasteiger partial charge in [-0.3, -0.25) is 0 Å². The number of hydrogen-bond acceptors (Lipinski definition) is 3. The van der Waals surface area contributed by atoms with Crippen LogP contribution in [0.15, 0.2) is 259 Å². The summed E-state index contributed by atoms with van der Waals surface area (Å²) < 4.78 is 6.22. The van der Waals surface area contributed by atoms with Crippen molar-refractivity contribution >= 4 is 88.4 Å². The molecule has 0 saturated carbocycles. The van der Waals surface area contributed by atoms with E-state index >= 15 is 0 Å². The molecule has 1 spiro atoms. The molecular formula is C67H42N2O. The Hall–Kier alpha value is -9.18. The molecule has 2 heterocycles. The largest absolute Gasteiger partial charge is 0.456 e. The van der Waals surface area contributed by atoms with Crippen molar-refractivity contribution in [1.82, 2.24) is 0 Å². The van der Waals surface area contributed by atoms with Gasteiger partial charge in [-0.2, -0.15) is 0 Å². The summed E-state index contributed by atoms with van der Waals surface area (Å²) in [5.41, 5.74) is 17.9. The van der Waals surface area contributed by atoms with Crippen LogP contribution in [-0.4, -0.2) is 0 Å². The van der Waals surface area contributed by atoms with E-state index in [2.05, 4.69) is 252 Å². The molecule has 0 amide bonds. The second-order valence-electron chi connectivity index (χ2n) is 18.7. The van der Waals surface area contributed by atoms with Gasteiger partial charge in [0.2, 0.25) is 0 Å². The Bertz CT molecular complexity index is 4180. The van der Waals surface area contributed by atoms with Crippen molar-refractivity contribution in [3.8, 4) is 22.3 Å². The predicted molar refractivity (Wildman–Crippen MR) is 292 cm³/mol. The third-order valence-corrected chi connectivity index (χ3v) is 15.2. The second-order valence-corrected chi connectivity index (χ2v) is 18.7. The molecule has 2 aliphatic rings. The van der Waals surface area contributed by atoms with Crippen LogP contribution < -0.4 is 9.80 Å². The molecule has 0 atom stereocenters. The first kappa shape index (κ1) is 38.9. The lowest BCUT2D eigenvalue weighted by atomic mass is 9.64. The normalized spacial score (nSPS) is 13.2. The standard InChI is InChI=1S/C67H42N2O/c1-2-16-45(17-3-1)69-63-27-13-11-25-60(63)67(61-26-12-14-28-64(61)69)59-24-10-8-22-54(59)55-38-36-48(42-62(55)67)68(47-35-37-53-51-20-5-4-18-49(51)50-19-6-7-21-52(50)57(53)41-47)46-33-30-43(31-34-46)44-32-39-66-58(40-44)56-23-9-15-29-65(56)70-66/h1-42H. The zero-order valence-corrected chi connectivity index (χ0v) is 38.1. The van der Waals surface area contributed by atoms with Gasteiger partial charge in [-0.25, -0.2) is 0 Å². The molecule has 0 fully saturated rings. The lowest BCUT2D eigenvalue weighted by molar-refractivity contribution is 0.669. The van der Waals surface area contributed by atoms with E-state index in [1.54, 1.807) is 0 Å². The topological polar surface area (TPSA) is 19.6 Å². The average Bonchev–Trinajstić information content (AvgIpc) is 3.95. The minimum Gasteiger partial charge on any atom is -0.456 e. The molecule has 3 nitrogen and oxygen atoms in total. The molecule has 0 saturated heterocycles. The molecule has 326 valence electrons. The van der Waals surface area contributed by atoms with Gasteiger partial charge in [0.15, 0.2) is 0 Å². The number of hydrogen-bond donors (Lipinski definition) is 0. The van der Waals surface area contributed by atoms with Gasteiger partial charge in [-0.1, -0.05) is 176 Å². The molecule has 0 N–H and O–H groups in total. The van der Waals surface area contributed by atoms with Gasteiger partial charge in [0, 0.05) is 33.5 Å². The van der Waals surface area contributed by atoms with Gasteiger partial charge in [0.1, 0.15) is 11.2 Å². The van der Waals surface area contributed by atoms with Gasteiger partial charge in [0.05, 0.1) is 16.8 Å². The van der Waals surface area contributed by atoms with Crippen molar-refractivity contribution in [3.63, 3.8) is 0 Å². The number of furan rings is 1. The molecular weight excluding hydrogens is 849 g/mol. The maximum atomic E-state index is 6.22. The van der Waals surface area contributed by atoms with Gasteiger partial charge in [0.25, 0.3) is 0 Å². The van der Waals surface area contributed by atoms with Crippen LogP contribution in [0.3, 0.4) is 0 Å². The summed E-state index contributed by atoms with van der Waals surface area (Å²) in [6, 6.07) is 93.9. The average molecular weight is 891 g/mol. The Labute approximate surface area is 405 Å². The van der Waals surface area contributed by atoms with E-state index in [1.807, 2.05) is 12.1 Å². The molecule has 0 radical (unpaired) electrons. The van der Waals surface area contributed by atoms with E-state index in [-0.39, 0.29) is 0 Å². The van der Waals surface area contributed by atoms with Crippen molar-refractivity contribution < 1.29 is 4.42 Å². The maximum absolute atomic E-state index is 6.22.